The minimum Gasteiger partial charge on any atom is -0.298 e. The molecule has 0 unspecified atom stereocenters. The fourth-order valence-electron chi connectivity index (χ4n) is 1.81. The van der Waals surface area contributed by atoms with Gasteiger partial charge < -0.3 is 0 Å². The van der Waals surface area contributed by atoms with Crippen LogP contribution in [-0.2, 0) is 11.2 Å². The molecule has 0 fully saturated rings. The minimum absolute atomic E-state index is 0.0390. The Labute approximate surface area is 121 Å². The third-order valence-corrected chi connectivity index (χ3v) is 3.58. The number of hydrogen-bond acceptors (Lipinski definition) is 4. The van der Waals surface area contributed by atoms with Crippen molar-refractivity contribution in [3.05, 3.63) is 53.1 Å². The molecule has 0 bridgehead atoms. The number of thioether (sulfide) groups is 1. The summed E-state index contributed by atoms with van der Waals surface area (Å²) >= 11 is 1.29. The van der Waals surface area contributed by atoms with Gasteiger partial charge in [-0.2, -0.15) is 0 Å². The molecule has 20 heavy (non-hydrogen) atoms. The number of aryl methyl sites for hydroxylation is 2. The number of halogens is 1. The van der Waals surface area contributed by atoms with Crippen molar-refractivity contribution >= 4 is 17.5 Å². The Morgan fingerprint density at radius 3 is 2.50 bits per heavy atom. The van der Waals surface area contributed by atoms with Crippen LogP contribution in [0.5, 0.6) is 0 Å². The van der Waals surface area contributed by atoms with Crippen LogP contribution in [0.2, 0.25) is 0 Å². The molecule has 0 radical (unpaired) electrons. The van der Waals surface area contributed by atoms with E-state index >= 15 is 0 Å². The van der Waals surface area contributed by atoms with Gasteiger partial charge in [0, 0.05) is 17.8 Å². The van der Waals surface area contributed by atoms with Crippen molar-refractivity contribution < 1.29 is 9.18 Å². The summed E-state index contributed by atoms with van der Waals surface area (Å²) in [7, 11) is 0. The highest BCUT2D eigenvalue weighted by Crippen LogP contribution is 2.15. The van der Waals surface area contributed by atoms with Gasteiger partial charge in [-0.3, -0.25) is 4.79 Å². The van der Waals surface area contributed by atoms with E-state index in [-0.39, 0.29) is 23.8 Å². The van der Waals surface area contributed by atoms with Crippen molar-refractivity contribution in [2.45, 2.75) is 25.4 Å². The molecule has 0 N–H and O–H groups in total. The van der Waals surface area contributed by atoms with Crippen molar-refractivity contribution in [2.24, 2.45) is 0 Å². The van der Waals surface area contributed by atoms with E-state index in [4.69, 9.17) is 0 Å². The number of hydrogen-bond donors (Lipinski definition) is 0. The van der Waals surface area contributed by atoms with Crippen LogP contribution in [0.25, 0.3) is 0 Å². The van der Waals surface area contributed by atoms with Gasteiger partial charge in [-0.1, -0.05) is 30.0 Å². The van der Waals surface area contributed by atoms with Crippen molar-refractivity contribution in [1.29, 1.82) is 0 Å². The molecular formula is C15H15FN2OS. The normalized spacial score (nSPS) is 10.6. The molecule has 2 aromatic rings. The maximum atomic E-state index is 13.4. The fourth-order valence-corrected chi connectivity index (χ4v) is 2.62. The fraction of sp³-hybridized carbons (Fsp3) is 0.267. The Bertz CT molecular complexity index is 611. The first kappa shape index (κ1) is 14.7. The highest BCUT2D eigenvalue weighted by atomic mass is 32.2. The van der Waals surface area contributed by atoms with Crippen LogP contribution in [0.15, 0.2) is 35.5 Å². The zero-order valence-electron chi connectivity index (χ0n) is 11.4. The van der Waals surface area contributed by atoms with Crippen LogP contribution in [0.4, 0.5) is 4.39 Å². The number of aromatic nitrogens is 2. The number of ketones is 1. The lowest BCUT2D eigenvalue weighted by Gasteiger charge is -2.04. The van der Waals surface area contributed by atoms with Crippen LogP contribution in [0.3, 0.4) is 0 Å². The van der Waals surface area contributed by atoms with E-state index in [0.717, 1.165) is 11.4 Å². The summed E-state index contributed by atoms with van der Waals surface area (Å²) in [6.07, 6.45) is 0.102. The molecule has 1 aromatic carbocycles. The second-order valence-electron chi connectivity index (χ2n) is 4.53. The number of benzene rings is 1. The van der Waals surface area contributed by atoms with E-state index in [1.165, 1.54) is 17.8 Å². The second-order valence-corrected chi connectivity index (χ2v) is 5.47. The van der Waals surface area contributed by atoms with Crippen LogP contribution >= 0.6 is 11.8 Å². The SMILES string of the molecule is Cc1cc(C)nc(SCC(=O)Cc2ccccc2F)n1. The number of carbonyl (C=O) groups is 1. The predicted molar refractivity (Wildman–Crippen MR) is 77.3 cm³/mol. The third-order valence-electron chi connectivity index (χ3n) is 2.67. The van der Waals surface area contributed by atoms with Gasteiger partial charge in [-0.25, -0.2) is 14.4 Å². The van der Waals surface area contributed by atoms with Gasteiger partial charge in [0.1, 0.15) is 11.6 Å². The molecule has 1 heterocycles. The molecule has 0 aliphatic rings. The van der Waals surface area contributed by atoms with Gasteiger partial charge in [0.15, 0.2) is 5.16 Å². The Kier molecular flexibility index (Phi) is 4.84. The molecule has 0 saturated heterocycles. The number of Topliss-reactive ketones (excluding diaryl/α,β-unsaturated/α-hetero) is 1. The lowest BCUT2D eigenvalue weighted by atomic mass is 10.1. The molecule has 0 spiro atoms. The van der Waals surface area contributed by atoms with E-state index < -0.39 is 0 Å². The zero-order chi connectivity index (χ0) is 14.5. The topological polar surface area (TPSA) is 42.9 Å². The van der Waals surface area contributed by atoms with Crippen molar-refractivity contribution in [3.8, 4) is 0 Å². The van der Waals surface area contributed by atoms with Gasteiger partial charge in [-0.05, 0) is 31.5 Å². The minimum atomic E-state index is -0.339. The summed E-state index contributed by atoms with van der Waals surface area (Å²) in [6.45, 7) is 3.78. The molecule has 0 aliphatic carbocycles. The van der Waals surface area contributed by atoms with Crippen molar-refractivity contribution in [2.75, 3.05) is 5.75 Å². The molecule has 0 aliphatic heterocycles. The molecule has 0 atom stereocenters. The van der Waals surface area contributed by atoms with Gasteiger partial charge in [0.25, 0.3) is 0 Å². The third kappa shape index (κ3) is 4.13. The van der Waals surface area contributed by atoms with E-state index in [1.807, 2.05) is 19.9 Å². The predicted octanol–water partition coefficient (Wildman–Crippen LogP) is 3.14. The Hall–Kier alpha value is -1.75. The average molecular weight is 290 g/mol. The Balaban J connectivity index is 1.94. The van der Waals surface area contributed by atoms with Crippen molar-refractivity contribution in [1.82, 2.24) is 9.97 Å². The van der Waals surface area contributed by atoms with Gasteiger partial charge in [0.2, 0.25) is 0 Å². The quantitative estimate of drug-likeness (QED) is 0.627. The first-order chi connectivity index (χ1) is 9.54. The summed E-state index contributed by atoms with van der Waals surface area (Å²) in [5.74, 6) is -0.131. The number of rotatable bonds is 5. The Morgan fingerprint density at radius 2 is 1.85 bits per heavy atom. The highest BCUT2D eigenvalue weighted by Gasteiger charge is 2.09. The molecular weight excluding hydrogens is 275 g/mol. The summed E-state index contributed by atoms with van der Waals surface area (Å²) in [5.41, 5.74) is 2.18. The molecule has 0 saturated carbocycles. The first-order valence-corrected chi connectivity index (χ1v) is 7.23. The van der Waals surface area contributed by atoms with Crippen LogP contribution < -0.4 is 0 Å². The maximum absolute atomic E-state index is 13.4. The van der Waals surface area contributed by atoms with Crippen LogP contribution in [0, 0.1) is 19.7 Å². The lowest BCUT2D eigenvalue weighted by molar-refractivity contribution is -0.116. The standard InChI is InChI=1S/C15H15FN2OS/c1-10-7-11(2)18-15(17-10)20-9-13(19)8-12-5-3-4-6-14(12)16/h3-7H,8-9H2,1-2H3. The Morgan fingerprint density at radius 1 is 1.20 bits per heavy atom. The number of nitrogens with zero attached hydrogens (tertiary/aromatic N) is 2. The highest BCUT2D eigenvalue weighted by molar-refractivity contribution is 7.99. The second kappa shape index (κ2) is 6.61. The molecule has 5 heteroatoms. The van der Waals surface area contributed by atoms with Gasteiger partial charge >= 0.3 is 0 Å². The number of carbonyl (C=O) groups excluding carboxylic acids is 1. The summed E-state index contributed by atoms with van der Waals surface area (Å²) in [6, 6.07) is 8.21. The largest absolute Gasteiger partial charge is 0.298 e. The van der Waals surface area contributed by atoms with Crippen LogP contribution in [0.1, 0.15) is 17.0 Å². The van der Waals surface area contributed by atoms with Gasteiger partial charge in [-0.15, -0.1) is 0 Å². The molecule has 2 rings (SSSR count). The molecule has 1 aromatic heterocycles. The lowest BCUT2D eigenvalue weighted by Crippen LogP contribution is -2.08. The summed E-state index contributed by atoms with van der Waals surface area (Å²) in [4.78, 5) is 20.4. The van der Waals surface area contributed by atoms with E-state index in [9.17, 15) is 9.18 Å². The summed E-state index contributed by atoms with van der Waals surface area (Å²) in [5, 5.41) is 0.587. The average Bonchev–Trinajstić information content (AvgIpc) is 2.38. The van der Waals surface area contributed by atoms with Crippen molar-refractivity contribution in [3.63, 3.8) is 0 Å². The van der Waals surface area contributed by atoms with E-state index in [0.29, 0.717) is 10.7 Å². The first-order valence-electron chi connectivity index (χ1n) is 6.25. The van der Waals surface area contributed by atoms with E-state index in [1.54, 1.807) is 18.2 Å². The monoisotopic (exact) mass is 290 g/mol. The van der Waals surface area contributed by atoms with E-state index in [2.05, 4.69) is 9.97 Å². The summed E-state index contributed by atoms with van der Waals surface area (Å²) < 4.78 is 13.4. The van der Waals surface area contributed by atoms with Crippen LogP contribution in [-0.4, -0.2) is 21.5 Å². The molecule has 3 nitrogen and oxygen atoms in total. The molecule has 104 valence electrons. The van der Waals surface area contributed by atoms with Gasteiger partial charge in [0.05, 0.1) is 5.75 Å². The maximum Gasteiger partial charge on any atom is 0.188 e. The zero-order valence-corrected chi connectivity index (χ0v) is 12.2. The smallest absolute Gasteiger partial charge is 0.188 e. The molecule has 0 amide bonds.